The lowest BCUT2D eigenvalue weighted by Crippen LogP contribution is -2.51. The second-order valence-corrected chi connectivity index (χ2v) is 6.22. The number of carbonyl (C=O) groups excluding carboxylic acids is 1. The number of ether oxygens (including phenoxy) is 1. The molecule has 0 spiro atoms. The van der Waals surface area contributed by atoms with Crippen LogP contribution in [-0.2, 0) is 4.74 Å². The Labute approximate surface area is 140 Å². The van der Waals surface area contributed by atoms with Crippen LogP contribution in [0.1, 0.15) is 24.3 Å². The number of aromatic nitrogens is 1. The fourth-order valence-electron chi connectivity index (χ4n) is 2.90. The van der Waals surface area contributed by atoms with Gasteiger partial charge in [0.05, 0.1) is 19.5 Å². The van der Waals surface area contributed by atoms with E-state index in [1.807, 2.05) is 0 Å². The highest BCUT2D eigenvalue weighted by Crippen LogP contribution is 2.20. The summed E-state index contributed by atoms with van der Waals surface area (Å²) in [6.07, 6.45) is 1.55. The third-order valence-corrected chi connectivity index (χ3v) is 4.26. The van der Waals surface area contributed by atoms with E-state index in [0.29, 0.717) is 24.0 Å². The van der Waals surface area contributed by atoms with Crippen molar-refractivity contribution in [1.29, 1.82) is 0 Å². The summed E-state index contributed by atoms with van der Waals surface area (Å²) in [4.78, 5) is 14.7. The highest BCUT2D eigenvalue weighted by molar-refractivity contribution is 5.92. The molecule has 0 bridgehead atoms. The molecule has 1 aliphatic heterocycles. The van der Waals surface area contributed by atoms with Crippen LogP contribution in [0.2, 0.25) is 0 Å². The predicted molar refractivity (Wildman–Crippen MR) is 87.6 cm³/mol. The van der Waals surface area contributed by atoms with Crippen molar-refractivity contribution in [3.8, 4) is 11.5 Å². The third kappa shape index (κ3) is 3.85. The van der Waals surface area contributed by atoms with Crippen molar-refractivity contribution >= 4 is 5.91 Å². The Hall–Kier alpha value is -2.12. The van der Waals surface area contributed by atoms with Crippen LogP contribution in [0, 0.1) is 5.92 Å². The van der Waals surface area contributed by atoms with Crippen LogP contribution in [0.15, 0.2) is 33.4 Å². The molecule has 7 heteroatoms. The van der Waals surface area contributed by atoms with Crippen LogP contribution in [0.5, 0.6) is 0 Å². The number of carbonyl (C=O) groups is 1. The molecule has 3 rings (SSSR count). The summed E-state index contributed by atoms with van der Waals surface area (Å²) in [6, 6.07) is 5.38. The first-order valence-electron chi connectivity index (χ1n) is 8.25. The fraction of sp³-hybridized carbons (Fsp3) is 0.529. The number of amides is 1. The van der Waals surface area contributed by atoms with Gasteiger partial charge in [-0.05, 0) is 18.1 Å². The number of rotatable bonds is 6. The van der Waals surface area contributed by atoms with Crippen LogP contribution in [0.4, 0.5) is 0 Å². The molecule has 2 aromatic rings. The average Bonchev–Trinajstić information content (AvgIpc) is 3.27. The van der Waals surface area contributed by atoms with Crippen molar-refractivity contribution in [2.45, 2.75) is 19.9 Å². The van der Waals surface area contributed by atoms with Gasteiger partial charge in [0.25, 0.3) is 5.91 Å². The smallest absolute Gasteiger partial charge is 0.273 e. The van der Waals surface area contributed by atoms with Crippen LogP contribution >= 0.6 is 0 Å². The molecule has 0 saturated carbocycles. The molecule has 0 aromatic carbocycles. The molecule has 1 fully saturated rings. The van der Waals surface area contributed by atoms with Gasteiger partial charge in [-0.15, -0.1) is 0 Å². The lowest BCUT2D eigenvalue weighted by molar-refractivity contribution is 0.00671. The zero-order valence-corrected chi connectivity index (χ0v) is 14.0. The maximum Gasteiger partial charge on any atom is 0.273 e. The molecule has 1 atom stereocenters. The van der Waals surface area contributed by atoms with Crippen LogP contribution < -0.4 is 5.32 Å². The summed E-state index contributed by atoms with van der Waals surface area (Å²) < 4.78 is 15.8. The maximum absolute atomic E-state index is 12.3. The number of furan rings is 1. The van der Waals surface area contributed by atoms with Gasteiger partial charge in [-0.25, -0.2) is 0 Å². The molecule has 1 N–H and O–H groups in total. The first-order chi connectivity index (χ1) is 11.6. The van der Waals surface area contributed by atoms with E-state index in [4.69, 9.17) is 13.7 Å². The minimum atomic E-state index is -0.240. The summed E-state index contributed by atoms with van der Waals surface area (Å²) in [5.41, 5.74) is 0.255. The van der Waals surface area contributed by atoms with Crippen LogP contribution in [0.3, 0.4) is 0 Å². The average molecular weight is 333 g/mol. The summed E-state index contributed by atoms with van der Waals surface area (Å²) in [5.74, 6) is 1.18. The lowest BCUT2D eigenvalue weighted by Gasteiger charge is -2.36. The van der Waals surface area contributed by atoms with E-state index in [2.05, 4.69) is 29.2 Å². The van der Waals surface area contributed by atoms with Gasteiger partial charge in [0.15, 0.2) is 11.5 Å². The lowest BCUT2D eigenvalue weighted by atomic mass is 10.0. The van der Waals surface area contributed by atoms with Crippen molar-refractivity contribution < 1.29 is 18.5 Å². The van der Waals surface area contributed by atoms with E-state index < -0.39 is 0 Å². The largest absolute Gasteiger partial charge is 0.461 e. The molecule has 1 saturated heterocycles. The Morgan fingerprint density at radius 1 is 1.33 bits per heavy atom. The number of nitrogens with zero attached hydrogens (tertiary/aromatic N) is 2. The number of hydrogen-bond donors (Lipinski definition) is 1. The minimum Gasteiger partial charge on any atom is -0.461 e. The molecule has 0 aliphatic carbocycles. The third-order valence-electron chi connectivity index (χ3n) is 4.26. The van der Waals surface area contributed by atoms with Crippen LogP contribution in [0.25, 0.3) is 11.5 Å². The van der Waals surface area contributed by atoms with Crippen molar-refractivity contribution in [2.24, 2.45) is 5.92 Å². The second-order valence-electron chi connectivity index (χ2n) is 6.22. The highest BCUT2D eigenvalue weighted by Gasteiger charge is 2.25. The molecule has 24 heavy (non-hydrogen) atoms. The maximum atomic E-state index is 12.3. The number of hydrogen-bond acceptors (Lipinski definition) is 6. The monoisotopic (exact) mass is 333 g/mol. The summed E-state index contributed by atoms with van der Waals surface area (Å²) >= 11 is 0. The Morgan fingerprint density at radius 3 is 2.79 bits per heavy atom. The van der Waals surface area contributed by atoms with E-state index in [1.54, 1.807) is 24.5 Å². The van der Waals surface area contributed by atoms with E-state index in [-0.39, 0.29) is 17.6 Å². The molecular weight excluding hydrogens is 310 g/mol. The summed E-state index contributed by atoms with van der Waals surface area (Å²) in [6.45, 7) is 8.17. The topological polar surface area (TPSA) is 80.7 Å². The van der Waals surface area contributed by atoms with Crippen molar-refractivity contribution in [3.63, 3.8) is 0 Å². The molecule has 130 valence electrons. The molecule has 2 aromatic heterocycles. The molecule has 7 nitrogen and oxygen atoms in total. The van der Waals surface area contributed by atoms with Gasteiger partial charge in [0, 0.05) is 31.7 Å². The molecule has 1 amide bonds. The van der Waals surface area contributed by atoms with Gasteiger partial charge < -0.3 is 19.0 Å². The van der Waals surface area contributed by atoms with E-state index in [0.717, 1.165) is 26.3 Å². The molecular formula is C17H23N3O4. The van der Waals surface area contributed by atoms with Gasteiger partial charge >= 0.3 is 0 Å². The quantitative estimate of drug-likeness (QED) is 0.871. The Bertz CT molecular complexity index is 645. The zero-order chi connectivity index (χ0) is 16.9. The van der Waals surface area contributed by atoms with E-state index in [9.17, 15) is 4.79 Å². The highest BCUT2D eigenvalue weighted by atomic mass is 16.5. The van der Waals surface area contributed by atoms with E-state index in [1.165, 1.54) is 0 Å². The number of nitrogens with one attached hydrogen (secondary N) is 1. The molecule has 0 radical (unpaired) electrons. The second kappa shape index (κ2) is 7.63. The van der Waals surface area contributed by atoms with E-state index >= 15 is 0 Å². The van der Waals surface area contributed by atoms with Crippen molar-refractivity contribution in [2.75, 3.05) is 32.8 Å². The first kappa shape index (κ1) is 16.7. The molecule has 1 aliphatic rings. The Morgan fingerprint density at radius 2 is 2.12 bits per heavy atom. The van der Waals surface area contributed by atoms with Gasteiger partial charge in [-0.1, -0.05) is 19.0 Å². The normalized spacial score (nSPS) is 17.1. The first-order valence-corrected chi connectivity index (χ1v) is 8.25. The van der Waals surface area contributed by atoms with Gasteiger partial charge in [-0.2, -0.15) is 0 Å². The summed E-state index contributed by atoms with van der Waals surface area (Å²) in [7, 11) is 0. The fourth-order valence-corrected chi connectivity index (χ4v) is 2.90. The minimum absolute atomic E-state index is 0.240. The van der Waals surface area contributed by atoms with Crippen molar-refractivity contribution in [3.05, 3.63) is 30.2 Å². The SMILES string of the molecule is CC(C)C(CNC(=O)c1cc(-c2ccco2)on1)N1CCOCC1. The van der Waals surface area contributed by atoms with Gasteiger partial charge in [-0.3, -0.25) is 9.69 Å². The summed E-state index contributed by atoms with van der Waals surface area (Å²) in [5, 5.41) is 6.79. The Kier molecular flexibility index (Phi) is 5.32. The standard InChI is InChI=1S/C17H23N3O4/c1-12(2)14(20-5-8-22-9-6-20)11-18-17(21)13-10-16(24-19-13)15-4-3-7-23-15/h3-4,7,10,12,14H,5-6,8-9,11H2,1-2H3,(H,18,21). The predicted octanol–water partition coefficient (Wildman–Crippen LogP) is 2.02. The molecule has 3 heterocycles. The van der Waals surface area contributed by atoms with Gasteiger partial charge in [0.1, 0.15) is 0 Å². The molecule has 1 unspecified atom stereocenters. The number of morpholine rings is 1. The van der Waals surface area contributed by atoms with Gasteiger partial charge in [0.2, 0.25) is 5.76 Å². The van der Waals surface area contributed by atoms with Crippen LogP contribution in [-0.4, -0.2) is 54.9 Å². The van der Waals surface area contributed by atoms with Crippen molar-refractivity contribution in [1.82, 2.24) is 15.4 Å². The zero-order valence-electron chi connectivity index (χ0n) is 14.0. The Balaban J connectivity index is 1.59.